The van der Waals surface area contributed by atoms with Crippen LogP contribution in [0.5, 0.6) is 0 Å². The van der Waals surface area contributed by atoms with Crippen LogP contribution in [-0.2, 0) is 0 Å². The fourth-order valence-corrected chi connectivity index (χ4v) is 1.16. The van der Waals surface area contributed by atoms with Crippen molar-refractivity contribution in [3.05, 3.63) is 35.1 Å². The van der Waals surface area contributed by atoms with Gasteiger partial charge >= 0.3 is 0 Å². The van der Waals surface area contributed by atoms with E-state index in [2.05, 4.69) is 11.8 Å². The summed E-state index contributed by atoms with van der Waals surface area (Å²) in [6.45, 7) is 3.46. The highest BCUT2D eigenvalue weighted by atomic mass is 19.1. The van der Waals surface area contributed by atoms with Gasteiger partial charge < -0.3 is 0 Å². The maximum atomic E-state index is 12.8. The van der Waals surface area contributed by atoms with Crippen LogP contribution in [-0.4, -0.2) is 5.78 Å². The van der Waals surface area contributed by atoms with E-state index >= 15 is 0 Å². The summed E-state index contributed by atoms with van der Waals surface area (Å²) >= 11 is 0. The molecule has 0 N–H and O–H groups in total. The minimum Gasteiger partial charge on any atom is -0.293 e. The number of benzene rings is 1. The molecule has 2 heteroatoms. The lowest BCUT2D eigenvalue weighted by Gasteiger charge is -2.01. The molecule has 0 spiro atoms. The number of aryl methyl sites for hydroxylation is 1. The molecule has 1 rings (SSSR count). The Balaban J connectivity index is 2.98. The molecule has 1 aromatic rings. The Hall–Kier alpha value is -1.62. The zero-order chi connectivity index (χ0) is 10.6. The Labute approximate surface area is 82.9 Å². The van der Waals surface area contributed by atoms with Gasteiger partial charge in [-0.25, -0.2) is 4.39 Å². The molecule has 0 heterocycles. The molecule has 72 valence electrons. The van der Waals surface area contributed by atoms with Crippen LogP contribution in [0.4, 0.5) is 4.39 Å². The van der Waals surface area contributed by atoms with Crippen molar-refractivity contribution in [3.8, 4) is 11.8 Å². The largest absolute Gasteiger partial charge is 0.293 e. The summed E-state index contributed by atoms with van der Waals surface area (Å²) in [7, 11) is 0. The molecule has 0 aromatic heterocycles. The molecule has 0 atom stereocenters. The number of Topliss-reactive ketones (excluding diaryl/α,β-unsaturated/α-hetero) is 1. The van der Waals surface area contributed by atoms with Crippen molar-refractivity contribution in [1.29, 1.82) is 0 Å². The molecule has 0 amide bonds. The Morgan fingerprint density at radius 2 is 2.21 bits per heavy atom. The van der Waals surface area contributed by atoms with Crippen molar-refractivity contribution in [1.82, 2.24) is 0 Å². The van der Waals surface area contributed by atoms with Gasteiger partial charge in [-0.3, -0.25) is 4.79 Å². The molecular weight excluding hydrogens is 179 g/mol. The molecular formula is C12H11FO. The van der Waals surface area contributed by atoms with Gasteiger partial charge in [-0.15, -0.1) is 5.92 Å². The predicted octanol–water partition coefficient (Wildman–Crippen LogP) is 2.73. The second-order valence-corrected chi connectivity index (χ2v) is 2.99. The topological polar surface area (TPSA) is 17.1 Å². The van der Waals surface area contributed by atoms with Gasteiger partial charge in [0.05, 0.1) is 6.42 Å². The minimum atomic E-state index is -0.386. The number of hydrogen-bond donors (Lipinski definition) is 0. The second-order valence-electron chi connectivity index (χ2n) is 2.99. The molecule has 1 nitrogen and oxygen atoms in total. The van der Waals surface area contributed by atoms with Crippen molar-refractivity contribution in [3.63, 3.8) is 0 Å². The van der Waals surface area contributed by atoms with Crippen molar-refractivity contribution in [2.45, 2.75) is 20.3 Å². The van der Waals surface area contributed by atoms with E-state index < -0.39 is 0 Å². The SMILES string of the molecule is CC#CCC(=O)c1cc(F)ccc1C. The molecule has 1 aromatic carbocycles. The zero-order valence-corrected chi connectivity index (χ0v) is 8.23. The normalized spacial score (nSPS) is 9.07. The second kappa shape index (κ2) is 4.57. The lowest BCUT2D eigenvalue weighted by molar-refractivity contribution is 0.0997. The van der Waals surface area contributed by atoms with E-state index in [4.69, 9.17) is 0 Å². The molecule has 0 aliphatic carbocycles. The van der Waals surface area contributed by atoms with Gasteiger partial charge in [0.2, 0.25) is 0 Å². The average molecular weight is 190 g/mol. The van der Waals surface area contributed by atoms with E-state index in [9.17, 15) is 9.18 Å². The van der Waals surface area contributed by atoms with Gasteiger partial charge in [0, 0.05) is 5.56 Å². The van der Waals surface area contributed by atoms with Crippen molar-refractivity contribution in [2.75, 3.05) is 0 Å². The van der Waals surface area contributed by atoms with Gasteiger partial charge in [-0.1, -0.05) is 12.0 Å². The first-order chi connectivity index (χ1) is 6.65. The Kier molecular flexibility index (Phi) is 3.41. The maximum Gasteiger partial charge on any atom is 0.175 e. The monoisotopic (exact) mass is 190 g/mol. The summed E-state index contributed by atoms with van der Waals surface area (Å²) in [6, 6.07) is 4.20. The molecule has 0 fully saturated rings. The standard InChI is InChI=1S/C12H11FO/c1-3-4-5-12(14)11-8-10(13)7-6-9(11)2/h6-8H,5H2,1-2H3. The first-order valence-electron chi connectivity index (χ1n) is 4.34. The Morgan fingerprint density at radius 3 is 2.86 bits per heavy atom. The van der Waals surface area contributed by atoms with Crippen LogP contribution in [0.3, 0.4) is 0 Å². The lowest BCUT2D eigenvalue weighted by Crippen LogP contribution is -2.01. The zero-order valence-electron chi connectivity index (χ0n) is 8.23. The highest BCUT2D eigenvalue weighted by molar-refractivity contribution is 5.98. The maximum absolute atomic E-state index is 12.8. The van der Waals surface area contributed by atoms with Crippen molar-refractivity contribution >= 4 is 5.78 Å². The van der Waals surface area contributed by atoms with Crippen LogP contribution in [0.1, 0.15) is 29.3 Å². The van der Waals surface area contributed by atoms with Gasteiger partial charge in [0.15, 0.2) is 5.78 Å². The summed E-state index contributed by atoms with van der Waals surface area (Å²) in [6.07, 6.45) is 0.154. The van der Waals surface area contributed by atoms with E-state index in [1.165, 1.54) is 12.1 Å². The molecule has 0 aliphatic rings. The number of carbonyl (C=O) groups is 1. The summed E-state index contributed by atoms with van der Waals surface area (Å²) in [5.74, 6) is 4.79. The predicted molar refractivity (Wildman–Crippen MR) is 53.5 cm³/mol. The van der Waals surface area contributed by atoms with Crippen LogP contribution in [0.25, 0.3) is 0 Å². The van der Waals surface area contributed by atoms with E-state index in [0.717, 1.165) is 5.56 Å². The van der Waals surface area contributed by atoms with Crippen LogP contribution in [0, 0.1) is 24.6 Å². The summed E-state index contributed by atoms with van der Waals surface area (Å²) < 4.78 is 12.8. The quantitative estimate of drug-likeness (QED) is 0.517. The van der Waals surface area contributed by atoms with Gasteiger partial charge in [-0.2, -0.15) is 0 Å². The average Bonchev–Trinajstić information content (AvgIpc) is 2.18. The van der Waals surface area contributed by atoms with Crippen LogP contribution < -0.4 is 0 Å². The van der Waals surface area contributed by atoms with Gasteiger partial charge in [0.25, 0.3) is 0 Å². The summed E-state index contributed by atoms with van der Waals surface area (Å²) in [5.41, 5.74) is 1.21. The summed E-state index contributed by atoms with van der Waals surface area (Å²) in [5, 5.41) is 0. The molecule has 0 saturated carbocycles. The number of halogens is 1. The van der Waals surface area contributed by atoms with E-state index in [0.29, 0.717) is 5.56 Å². The number of ketones is 1. The van der Waals surface area contributed by atoms with Gasteiger partial charge in [0.1, 0.15) is 5.82 Å². The lowest BCUT2D eigenvalue weighted by atomic mass is 10.0. The van der Waals surface area contributed by atoms with Crippen LogP contribution >= 0.6 is 0 Å². The highest BCUT2D eigenvalue weighted by Crippen LogP contribution is 2.12. The molecule has 0 bridgehead atoms. The first kappa shape index (κ1) is 10.5. The highest BCUT2D eigenvalue weighted by Gasteiger charge is 2.08. The third kappa shape index (κ3) is 2.43. The molecule has 0 radical (unpaired) electrons. The van der Waals surface area contributed by atoms with Crippen LogP contribution in [0.15, 0.2) is 18.2 Å². The smallest absolute Gasteiger partial charge is 0.175 e. The third-order valence-electron chi connectivity index (χ3n) is 1.93. The fraction of sp³-hybridized carbons (Fsp3) is 0.250. The first-order valence-corrected chi connectivity index (χ1v) is 4.34. The number of rotatable bonds is 2. The minimum absolute atomic E-state index is 0.128. The fourth-order valence-electron chi connectivity index (χ4n) is 1.16. The molecule has 14 heavy (non-hydrogen) atoms. The molecule has 0 aliphatic heterocycles. The third-order valence-corrected chi connectivity index (χ3v) is 1.93. The molecule has 0 saturated heterocycles. The van der Waals surface area contributed by atoms with Gasteiger partial charge in [-0.05, 0) is 31.5 Å². The number of hydrogen-bond acceptors (Lipinski definition) is 1. The van der Waals surface area contributed by atoms with Crippen molar-refractivity contribution < 1.29 is 9.18 Å². The van der Waals surface area contributed by atoms with E-state index in [-0.39, 0.29) is 18.0 Å². The van der Waals surface area contributed by atoms with E-state index in [1.54, 1.807) is 19.9 Å². The Bertz CT molecular complexity index is 410. The van der Waals surface area contributed by atoms with E-state index in [1.807, 2.05) is 0 Å². The van der Waals surface area contributed by atoms with Crippen molar-refractivity contribution in [2.24, 2.45) is 0 Å². The number of carbonyl (C=O) groups excluding carboxylic acids is 1. The van der Waals surface area contributed by atoms with Crippen LogP contribution in [0.2, 0.25) is 0 Å². The summed E-state index contributed by atoms with van der Waals surface area (Å²) in [4.78, 5) is 11.5. The molecule has 0 unspecified atom stereocenters. The Morgan fingerprint density at radius 1 is 1.50 bits per heavy atom.